The summed E-state index contributed by atoms with van der Waals surface area (Å²) in [6.45, 7) is 8.80. The maximum absolute atomic E-state index is 5.90. The van der Waals surface area contributed by atoms with Crippen LogP contribution in [0.15, 0.2) is 18.2 Å². The van der Waals surface area contributed by atoms with Crippen LogP contribution in [0.1, 0.15) is 43.4 Å². The third-order valence-electron chi connectivity index (χ3n) is 4.69. The summed E-state index contributed by atoms with van der Waals surface area (Å²) in [5.41, 5.74) is 7.16. The van der Waals surface area contributed by atoms with E-state index in [1.165, 1.54) is 16.7 Å². The average Bonchev–Trinajstić information content (AvgIpc) is 2.37. The largest absolute Gasteiger partial charge is 0.302 e. The molecule has 0 aliphatic rings. The minimum Gasteiger partial charge on any atom is -0.302 e. The van der Waals surface area contributed by atoms with E-state index in [0.29, 0.717) is 0 Å². The third kappa shape index (κ3) is 3.60. The first kappa shape index (κ1) is 17.2. The molecular formula is C17H31N3. The molecule has 0 heterocycles. The van der Waals surface area contributed by atoms with E-state index in [1.807, 2.05) is 0 Å². The Bertz CT molecular complexity index is 402. The van der Waals surface area contributed by atoms with Gasteiger partial charge in [0.05, 0.1) is 0 Å². The van der Waals surface area contributed by atoms with Gasteiger partial charge >= 0.3 is 0 Å². The molecule has 1 rings (SSSR count). The summed E-state index contributed by atoms with van der Waals surface area (Å²) >= 11 is 0. The van der Waals surface area contributed by atoms with E-state index in [9.17, 15) is 0 Å². The number of hydrazine groups is 1. The molecule has 0 radical (unpaired) electrons. The molecular weight excluding hydrogens is 246 g/mol. The topological polar surface area (TPSA) is 41.3 Å². The van der Waals surface area contributed by atoms with Gasteiger partial charge in [0.2, 0.25) is 0 Å². The molecule has 0 aliphatic heterocycles. The molecule has 0 aromatic heterocycles. The van der Waals surface area contributed by atoms with Crippen LogP contribution in [0.2, 0.25) is 0 Å². The van der Waals surface area contributed by atoms with Gasteiger partial charge in [-0.15, -0.1) is 0 Å². The minimum atomic E-state index is 0.0897. The van der Waals surface area contributed by atoms with Crippen LogP contribution in [0.5, 0.6) is 0 Å². The second-order valence-electron chi connectivity index (χ2n) is 6.12. The van der Waals surface area contributed by atoms with Crippen LogP contribution in [0, 0.1) is 13.8 Å². The second-order valence-corrected chi connectivity index (χ2v) is 6.12. The highest BCUT2D eigenvalue weighted by atomic mass is 15.3. The summed E-state index contributed by atoms with van der Waals surface area (Å²) in [6.07, 6.45) is 3.12. The SMILES string of the molecule is CCC(CC)(C(Cc1cc(C)cc(C)c1)NN)N(C)C. The molecule has 0 spiro atoms. The van der Waals surface area contributed by atoms with Crippen molar-refractivity contribution < 1.29 is 0 Å². The Morgan fingerprint density at radius 2 is 1.60 bits per heavy atom. The van der Waals surface area contributed by atoms with Crippen molar-refractivity contribution in [3.8, 4) is 0 Å². The monoisotopic (exact) mass is 277 g/mol. The summed E-state index contributed by atoms with van der Waals surface area (Å²) < 4.78 is 0. The minimum absolute atomic E-state index is 0.0897. The van der Waals surface area contributed by atoms with E-state index in [2.05, 4.69) is 70.3 Å². The fraction of sp³-hybridized carbons (Fsp3) is 0.647. The highest BCUT2D eigenvalue weighted by molar-refractivity contribution is 5.29. The molecule has 3 N–H and O–H groups in total. The number of benzene rings is 1. The van der Waals surface area contributed by atoms with E-state index in [1.54, 1.807) is 0 Å². The van der Waals surface area contributed by atoms with Gasteiger partial charge in [0.25, 0.3) is 0 Å². The summed E-state index contributed by atoms with van der Waals surface area (Å²) in [5.74, 6) is 5.90. The number of nitrogens with zero attached hydrogens (tertiary/aromatic N) is 1. The number of nitrogens with two attached hydrogens (primary N) is 1. The summed E-state index contributed by atoms with van der Waals surface area (Å²) in [5, 5.41) is 0. The van der Waals surface area contributed by atoms with Crippen LogP contribution in [-0.2, 0) is 6.42 Å². The molecule has 0 bridgehead atoms. The van der Waals surface area contributed by atoms with Crippen LogP contribution in [-0.4, -0.2) is 30.6 Å². The lowest BCUT2D eigenvalue weighted by Gasteiger charge is -2.45. The Balaban J connectivity index is 3.06. The van der Waals surface area contributed by atoms with Crippen LogP contribution in [0.4, 0.5) is 0 Å². The van der Waals surface area contributed by atoms with E-state index >= 15 is 0 Å². The Kier molecular flexibility index (Phi) is 6.18. The number of hydrogen-bond donors (Lipinski definition) is 2. The first-order valence-corrected chi connectivity index (χ1v) is 7.60. The lowest BCUT2D eigenvalue weighted by atomic mass is 9.80. The van der Waals surface area contributed by atoms with Crippen molar-refractivity contribution in [3.63, 3.8) is 0 Å². The standard InChI is InChI=1S/C17H31N3/c1-7-17(8-2,20(5)6)16(19-18)12-15-10-13(3)9-14(4)11-15/h9-11,16,19H,7-8,12,18H2,1-6H3. The van der Waals surface area contributed by atoms with Crippen molar-refractivity contribution in [1.82, 2.24) is 10.3 Å². The molecule has 3 heteroatoms. The van der Waals surface area contributed by atoms with Crippen molar-refractivity contribution in [1.29, 1.82) is 0 Å². The van der Waals surface area contributed by atoms with Gasteiger partial charge < -0.3 is 4.90 Å². The average molecular weight is 277 g/mol. The Hall–Kier alpha value is -0.900. The zero-order chi connectivity index (χ0) is 15.3. The van der Waals surface area contributed by atoms with Crippen molar-refractivity contribution in [2.24, 2.45) is 5.84 Å². The van der Waals surface area contributed by atoms with Crippen molar-refractivity contribution in [2.45, 2.75) is 58.5 Å². The Morgan fingerprint density at radius 3 is 1.95 bits per heavy atom. The second kappa shape index (κ2) is 7.21. The molecule has 0 saturated carbocycles. The van der Waals surface area contributed by atoms with Crippen molar-refractivity contribution in [2.75, 3.05) is 14.1 Å². The van der Waals surface area contributed by atoms with Gasteiger partial charge in [-0.3, -0.25) is 11.3 Å². The molecule has 0 saturated heterocycles. The number of likely N-dealkylation sites (N-methyl/N-ethyl adjacent to an activating group) is 1. The van der Waals surface area contributed by atoms with Crippen LogP contribution < -0.4 is 11.3 Å². The van der Waals surface area contributed by atoms with Crippen LogP contribution >= 0.6 is 0 Å². The molecule has 0 fully saturated rings. The van der Waals surface area contributed by atoms with Gasteiger partial charge in [0.15, 0.2) is 0 Å². The van der Waals surface area contributed by atoms with E-state index in [-0.39, 0.29) is 11.6 Å². The smallest absolute Gasteiger partial charge is 0.0434 e. The quantitative estimate of drug-likeness (QED) is 0.595. The molecule has 1 unspecified atom stereocenters. The Labute approximate surface area is 124 Å². The predicted octanol–water partition coefficient (Wildman–Crippen LogP) is 2.80. The van der Waals surface area contributed by atoms with Crippen molar-refractivity contribution in [3.05, 3.63) is 34.9 Å². The zero-order valence-electron chi connectivity index (χ0n) is 14.0. The van der Waals surface area contributed by atoms with Gasteiger partial charge in [0.1, 0.15) is 0 Å². The zero-order valence-corrected chi connectivity index (χ0v) is 14.0. The Morgan fingerprint density at radius 1 is 1.10 bits per heavy atom. The number of rotatable bonds is 7. The maximum atomic E-state index is 5.90. The maximum Gasteiger partial charge on any atom is 0.0434 e. The summed E-state index contributed by atoms with van der Waals surface area (Å²) in [4.78, 5) is 2.32. The predicted molar refractivity (Wildman–Crippen MR) is 87.7 cm³/mol. The third-order valence-corrected chi connectivity index (χ3v) is 4.69. The van der Waals surface area contributed by atoms with Gasteiger partial charge in [-0.05, 0) is 52.8 Å². The molecule has 20 heavy (non-hydrogen) atoms. The normalized spacial score (nSPS) is 13.8. The number of hydrogen-bond acceptors (Lipinski definition) is 3. The van der Waals surface area contributed by atoms with E-state index < -0.39 is 0 Å². The van der Waals surface area contributed by atoms with Crippen LogP contribution in [0.3, 0.4) is 0 Å². The molecule has 114 valence electrons. The fourth-order valence-electron chi connectivity index (χ4n) is 3.51. The fourth-order valence-corrected chi connectivity index (χ4v) is 3.51. The molecule has 1 aromatic carbocycles. The summed E-state index contributed by atoms with van der Waals surface area (Å²) in [6, 6.07) is 6.99. The molecule has 3 nitrogen and oxygen atoms in total. The van der Waals surface area contributed by atoms with Gasteiger partial charge in [-0.1, -0.05) is 43.2 Å². The van der Waals surface area contributed by atoms with Crippen molar-refractivity contribution >= 4 is 0 Å². The first-order valence-electron chi connectivity index (χ1n) is 7.60. The lowest BCUT2D eigenvalue weighted by molar-refractivity contribution is 0.0882. The molecule has 0 aliphatic carbocycles. The number of aryl methyl sites for hydroxylation is 2. The molecule has 1 aromatic rings. The van der Waals surface area contributed by atoms with Gasteiger partial charge in [0, 0.05) is 11.6 Å². The lowest BCUT2D eigenvalue weighted by Crippen LogP contribution is -2.61. The highest BCUT2D eigenvalue weighted by Crippen LogP contribution is 2.28. The van der Waals surface area contributed by atoms with Gasteiger partial charge in [-0.25, -0.2) is 0 Å². The van der Waals surface area contributed by atoms with Gasteiger partial charge in [-0.2, -0.15) is 0 Å². The summed E-state index contributed by atoms with van der Waals surface area (Å²) in [7, 11) is 4.30. The molecule has 0 amide bonds. The van der Waals surface area contributed by atoms with E-state index in [4.69, 9.17) is 5.84 Å². The first-order chi connectivity index (χ1) is 9.39. The van der Waals surface area contributed by atoms with E-state index in [0.717, 1.165) is 19.3 Å². The van der Waals surface area contributed by atoms with Crippen LogP contribution in [0.25, 0.3) is 0 Å². The number of nitrogens with one attached hydrogen (secondary N) is 1. The molecule has 1 atom stereocenters. The highest BCUT2D eigenvalue weighted by Gasteiger charge is 2.37.